The SMILES string of the molecule is CCNc1ccc(Cl)cc1C(=O)NCc1ccc(C)o1. The van der Waals surface area contributed by atoms with Crippen molar-refractivity contribution in [3.63, 3.8) is 0 Å². The molecule has 1 aromatic carbocycles. The van der Waals surface area contributed by atoms with Crippen molar-refractivity contribution in [2.24, 2.45) is 0 Å². The normalized spacial score (nSPS) is 10.3. The predicted octanol–water partition coefficient (Wildman–Crippen LogP) is 3.60. The van der Waals surface area contributed by atoms with Crippen LogP contribution in [-0.4, -0.2) is 12.5 Å². The van der Waals surface area contributed by atoms with Crippen LogP contribution in [-0.2, 0) is 6.54 Å². The molecular formula is C15H17ClN2O2. The van der Waals surface area contributed by atoms with Gasteiger partial charge in [0, 0.05) is 17.3 Å². The summed E-state index contributed by atoms with van der Waals surface area (Å²) < 4.78 is 5.41. The number of halogens is 1. The molecule has 2 N–H and O–H groups in total. The maximum absolute atomic E-state index is 12.2. The van der Waals surface area contributed by atoms with Gasteiger partial charge in [-0.2, -0.15) is 0 Å². The molecule has 0 fully saturated rings. The fraction of sp³-hybridized carbons (Fsp3) is 0.267. The van der Waals surface area contributed by atoms with Crippen molar-refractivity contribution in [2.45, 2.75) is 20.4 Å². The van der Waals surface area contributed by atoms with E-state index in [-0.39, 0.29) is 5.91 Å². The predicted molar refractivity (Wildman–Crippen MR) is 80.2 cm³/mol. The summed E-state index contributed by atoms with van der Waals surface area (Å²) in [6.07, 6.45) is 0. The summed E-state index contributed by atoms with van der Waals surface area (Å²) in [5, 5.41) is 6.50. The molecule has 0 atom stereocenters. The van der Waals surface area contributed by atoms with Crippen LogP contribution < -0.4 is 10.6 Å². The molecule has 1 heterocycles. The first-order chi connectivity index (χ1) is 9.60. The van der Waals surface area contributed by atoms with Crippen LogP contribution in [0.1, 0.15) is 28.8 Å². The number of nitrogens with one attached hydrogen (secondary N) is 2. The van der Waals surface area contributed by atoms with E-state index < -0.39 is 0 Å². The maximum atomic E-state index is 12.2. The standard InChI is InChI=1S/C15H17ClN2O2/c1-3-17-14-7-5-11(16)8-13(14)15(19)18-9-12-6-4-10(2)20-12/h4-8,17H,3,9H2,1-2H3,(H,18,19). The highest BCUT2D eigenvalue weighted by Gasteiger charge is 2.12. The Bertz CT molecular complexity index is 608. The number of benzene rings is 1. The number of rotatable bonds is 5. The van der Waals surface area contributed by atoms with E-state index in [4.69, 9.17) is 16.0 Å². The van der Waals surface area contributed by atoms with Crippen LogP contribution in [0.25, 0.3) is 0 Å². The Morgan fingerprint density at radius 3 is 2.75 bits per heavy atom. The number of amides is 1. The van der Waals surface area contributed by atoms with Crippen LogP contribution in [0.15, 0.2) is 34.7 Å². The lowest BCUT2D eigenvalue weighted by Crippen LogP contribution is -2.23. The van der Waals surface area contributed by atoms with Gasteiger partial charge in [0.05, 0.1) is 12.1 Å². The van der Waals surface area contributed by atoms with Gasteiger partial charge in [-0.05, 0) is 44.2 Å². The highest BCUT2D eigenvalue weighted by atomic mass is 35.5. The lowest BCUT2D eigenvalue weighted by molar-refractivity contribution is 0.0948. The molecule has 4 nitrogen and oxygen atoms in total. The van der Waals surface area contributed by atoms with Crippen LogP contribution in [0.5, 0.6) is 0 Å². The number of carbonyl (C=O) groups excluding carboxylic acids is 1. The van der Waals surface area contributed by atoms with Gasteiger partial charge in [0.15, 0.2) is 0 Å². The van der Waals surface area contributed by atoms with Crippen molar-refractivity contribution in [3.05, 3.63) is 52.4 Å². The van der Waals surface area contributed by atoms with Crippen molar-refractivity contribution in [3.8, 4) is 0 Å². The van der Waals surface area contributed by atoms with Crippen molar-refractivity contribution in [1.82, 2.24) is 5.32 Å². The van der Waals surface area contributed by atoms with Crippen molar-refractivity contribution in [1.29, 1.82) is 0 Å². The molecule has 0 aliphatic rings. The number of carbonyl (C=O) groups is 1. The molecule has 0 saturated carbocycles. The average molecular weight is 293 g/mol. The Balaban J connectivity index is 2.09. The highest BCUT2D eigenvalue weighted by Crippen LogP contribution is 2.20. The van der Waals surface area contributed by atoms with E-state index in [0.29, 0.717) is 17.1 Å². The molecule has 0 bridgehead atoms. The molecule has 1 amide bonds. The Morgan fingerprint density at radius 1 is 1.30 bits per heavy atom. The fourth-order valence-corrected chi connectivity index (χ4v) is 2.06. The van der Waals surface area contributed by atoms with E-state index in [2.05, 4.69) is 10.6 Å². The minimum Gasteiger partial charge on any atom is -0.465 e. The Morgan fingerprint density at radius 2 is 2.10 bits per heavy atom. The van der Waals surface area contributed by atoms with Gasteiger partial charge in [-0.3, -0.25) is 4.79 Å². The molecule has 20 heavy (non-hydrogen) atoms. The van der Waals surface area contributed by atoms with Gasteiger partial charge >= 0.3 is 0 Å². The lowest BCUT2D eigenvalue weighted by Gasteiger charge is -2.11. The van der Waals surface area contributed by atoms with E-state index in [1.807, 2.05) is 26.0 Å². The third-order valence-electron chi connectivity index (χ3n) is 2.81. The van der Waals surface area contributed by atoms with Crippen LogP contribution in [0.2, 0.25) is 5.02 Å². The molecule has 1 aromatic heterocycles. The van der Waals surface area contributed by atoms with Crippen LogP contribution in [0.3, 0.4) is 0 Å². The zero-order chi connectivity index (χ0) is 14.5. The van der Waals surface area contributed by atoms with E-state index in [9.17, 15) is 4.79 Å². The summed E-state index contributed by atoms with van der Waals surface area (Å²) >= 11 is 5.96. The second kappa shape index (κ2) is 6.48. The summed E-state index contributed by atoms with van der Waals surface area (Å²) in [5.41, 5.74) is 1.30. The first kappa shape index (κ1) is 14.5. The Labute approximate surface area is 123 Å². The largest absolute Gasteiger partial charge is 0.465 e. The topological polar surface area (TPSA) is 54.3 Å². The summed E-state index contributed by atoms with van der Waals surface area (Å²) in [6.45, 7) is 4.93. The number of anilines is 1. The molecule has 0 aliphatic carbocycles. The highest BCUT2D eigenvalue weighted by molar-refractivity contribution is 6.31. The second-order valence-corrected chi connectivity index (χ2v) is 4.85. The maximum Gasteiger partial charge on any atom is 0.253 e. The van der Waals surface area contributed by atoms with E-state index in [1.54, 1.807) is 18.2 Å². The molecule has 2 aromatic rings. The van der Waals surface area contributed by atoms with Gasteiger partial charge in [0.25, 0.3) is 5.91 Å². The minimum atomic E-state index is -0.183. The summed E-state index contributed by atoms with van der Waals surface area (Å²) in [5.74, 6) is 1.37. The molecule has 0 spiro atoms. The zero-order valence-electron chi connectivity index (χ0n) is 11.5. The average Bonchev–Trinajstić information content (AvgIpc) is 2.84. The second-order valence-electron chi connectivity index (χ2n) is 4.42. The lowest BCUT2D eigenvalue weighted by atomic mass is 10.1. The summed E-state index contributed by atoms with van der Waals surface area (Å²) in [4.78, 5) is 12.2. The summed E-state index contributed by atoms with van der Waals surface area (Å²) in [6, 6.07) is 8.93. The minimum absolute atomic E-state index is 0.183. The fourth-order valence-electron chi connectivity index (χ4n) is 1.89. The number of hydrogen-bond acceptors (Lipinski definition) is 3. The van der Waals surface area contributed by atoms with Gasteiger partial charge in [0.2, 0.25) is 0 Å². The molecule has 5 heteroatoms. The van der Waals surface area contributed by atoms with Gasteiger partial charge in [-0.25, -0.2) is 0 Å². The van der Waals surface area contributed by atoms with Crippen molar-refractivity contribution >= 4 is 23.2 Å². The molecule has 0 radical (unpaired) electrons. The van der Waals surface area contributed by atoms with E-state index in [1.165, 1.54) is 0 Å². The van der Waals surface area contributed by atoms with Gasteiger partial charge in [-0.15, -0.1) is 0 Å². The van der Waals surface area contributed by atoms with Crippen molar-refractivity contribution in [2.75, 3.05) is 11.9 Å². The third-order valence-corrected chi connectivity index (χ3v) is 3.05. The molecule has 0 saturated heterocycles. The van der Waals surface area contributed by atoms with Gasteiger partial charge in [0.1, 0.15) is 11.5 Å². The monoisotopic (exact) mass is 292 g/mol. The number of furan rings is 1. The van der Waals surface area contributed by atoms with Crippen LogP contribution >= 0.6 is 11.6 Å². The van der Waals surface area contributed by atoms with E-state index in [0.717, 1.165) is 23.8 Å². The molecule has 106 valence electrons. The Hall–Kier alpha value is -1.94. The molecule has 0 aliphatic heterocycles. The van der Waals surface area contributed by atoms with Crippen molar-refractivity contribution < 1.29 is 9.21 Å². The van der Waals surface area contributed by atoms with Gasteiger partial charge < -0.3 is 15.1 Å². The van der Waals surface area contributed by atoms with Crippen LogP contribution in [0, 0.1) is 6.92 Å². The third kappa shape index (κ3) is 3.54. The molecular weight excluding hydrogens is 276 g/mol. The zero-order valence-corrected chi connectivity index (χ0v) is 12.3. The van der Waals surface area contributed by atoms with Crippen LogP contribution in [0.4, 0.5) is 5.69 Å². The van der Waals surface area contributed by atoms with Gasteiger partial charge in [-0.1, -0.05) is 11.6 Å². The number of aryl methyl sites for hydroxylation is 1. The first-order valence-corrected chi connectivity index (χ1v) is 6.85. The Kier molecular flexibility index (Phi) is 4.69. The smallest absolute Gasteiger partial charge is 0.253 e. The quantitative estimate of drug-likeness (QED) is 0.885. The summed E-state index contributed by atoms with van der Waals surface area (Å²) in [7, 11) is 0. The van der Waals surface area contributed by atoms with E-state index >= 15 is 0 Å². The first-order valence-electron chi connectivity index (χ1n) is 6.47. The molecule has 2 rings (SSSR count). The number of hydrogen-bond donors (Lipinski definition) is 2. The molecule has 0 unspecified atom stereocenters.